The highest BCUT2D eigenvalue weighted by molar-refractivity contribution is 5.87. The number of piperidine rings is 1. The van der Waals surface area contributed by atoms with E-state index in [1.807, 2.05) is 6.07 Å². The number of nitrogens with zero attached hydrogens (tertiary/aromatic N) is 1. The minimum Gasteiger partial charge on any atom is -0.478 e. The molecule has 5 heteroatoms. The Kier molecular flexibility index (Phi) is 3.74. The first-order chi connectivity index (χ1) is 9.67. The molecule has 0 atom stereocenters. The Morgan fingerprint density at radius 1 is 1.35 bits per heavy atom. The van der Waals surface area contributed by atoms with Crippen molar-refractivity contribution in [3.8, 4) is 0 Å². The van der Waals surface area contributed by atoms with Gasteiger partial charge in [-0.15, -0.1) is 0 Å². The van der Waals surface area contributed by atoms with Crippen LogP contribution in [0.15, 0.2) is 24.3 Å². The van der Waals surface area contributed by atoms with Crippen LogP contribution in [-0.2, 0) is 16.0 Å². The fourth-order valence-electron chi connectivity index (χ4n) is 3.00. The van der Waals surface area contributed by atoms with Crippen molar-refractivity contribution in [2.45, 2.75) is 25.2 Å². The number of aromatic carboxylic acids is 1. The highest BCUT2D eigenvalue weighted by atomic mass is 16.7. The summed E-state index contributed by atoms with van der Waals surface area (Å²) in [7, 11) is 0. The fraction of sp³-hybridized carbons (Fsp3) is 0.533. The van der Waals surface area contributed by atoms with E-state index in [2.05, 4.69) is 4.90 Å². The molecule has 2 saturated heterocycles. The second-order valence-electron chi connectivity index (χ2n) is 5.43. The number of benzene rings is 1. The Morgan fingerprint density at radius 2 is 2.15 bits per heavy atom. The molecule has 0 saturated carbocycles. The number of carbonyl (C=O) groups is 1. The van der Waals surface area contributed by atoms with Crippen LogP contribution in [0.4, 0.5) is 0 Å². The molecule has 3 rings (SSSR count). The van der Waals surface area contributed by atoms with Crippen LogP contribution >= 0.6 is 0 Å². The first-order valence-corrected chi connectivity index (χ1v) is 6.99. The minimum atomic E-state index is -0.885. The van der Waals surface area contributed by atoms with Gasteiger partial charge >= 0.3 is 5.97 Å². The molecular weight excluding hydrogens is 258 g/mol. The molecule has 1 spiro atoms. The van der Waals surface area contributed by atoms with Crippen LogP contribution in [-0.4, -0.2) is 48.1 Å². The van der Waals surface area contributed by atoms with Crippen LogP contribution in [0.3, 0.4) is 0 Å². The molecule has 2 heterocycles. The molecule has 2 fully saturated rings. The van der Waals surface area contributed by atoms with Crippen molar-refractivity contribution in [1.29, 1.82) is 0 Å². The standard InChI is InChI=1S/C15H19NO4/c17-14(18)13-4-1-3-12(9-13)10-16-6-2-5-15(11-16)19-7-8-20-15/h1,3-4,9H,2,5-8,10-11H2,(H,17,18). The number of rotatable bonds is 3. The number of carboxylic acids is 1. The summed E-state index contributed by atoms with van der Waals surface area (Å²) in [6.07, 6.45) is 1.98. The van der Waals surface area contributed by atoms with E-state index in [0.29, 0.717) is 18.8 Å². The van der Waals surface area contributed by atoms with Gasteiger partial charge in [0.25, 0.3) is 0 Å². The number of hydrogen-bond acceptors (Lipinski definition) is 4. The van der Waals surface area contributed by atoms with Gasteiger partial charge in [-0.05, 0) is 30.7 Å². The lowest BCUT2D eigenvalue weighted by molar-refractivity contribution is -0.190. The van der Waals surface area contributed by atoms with Crippen molar-refractivity contribution in [2.75, 3.05) is 26.3 Å². The first-order valence-electron chi connectivity index (χ1n) is 6.99. The van der Waals surface area contributed by atoms with Gasteiger partial charge in [0.15, 0.2) is 5.79 Å². The van der Waals surface area contributed by atoms with Crippen LogP contribution < -0.4 is 0 Å². The van der Waals surface area contributed by atoms with Gasteiger partial charge in [0.1, 0.15) is 0 Å². The molecule has 1 aromatic rings. The molecule has 0 aliphatic carbocycles. The topological polar surface area (TPSA) is 59.0 Å². The maximum atomic E-state index is 11.0. The number of ether oxygens (including phenoxy) is 2. The van der Waals surface area contributed by atoms with E-state index >= 15 is 0 Å². The zero-order valence-corrected chi connectivity index (χ0v) is 11.4. The van der Waals surface area contributed by atoms with Crippen LogP contribution in [0.1, 0.15) is 28.8 Å². The molecule has 1 N–H and O–H groups in total. The van der Waals surface area contributed by atoms with Gasteiger partial charge in [-0.1, -0.05) is 12.1 Å². The summed E-state index contributed by atoms with van der Waals surface area (Å²) >= 11 is 0. The molecular formula is C15H19NO4. The highest BCUT2D eigenvalue weighted by Crippen LogP contribution is 2.30. The van der Waals surface area contributed by atoms with Crippen LogP contribution in [0.5, 0.6) is 0 Å². The molecule has 0 aromatic heterocycles. The highest BCUT2D eigenvalue weighted by Gasteiger charge is 2.40. The van der Waals surface area contributed by atoms with Gasteiger partial charge < -0.3 is 14.6 Å². The quantitative estimate of drug-likeness (QED) is 0.911. The van der Waals surface area contributed by atoms with Gasteiger partial charge in [0.2, 0.25) is 0 Å². The summed E-state index contributed by atoms with van der Waals surface area (Å²) in [5, 5.41) is 9.03. The summed E-state index contributed by atoms with van der Waals surface area (Å²) in [5.74, 6) is -1.31. The molecule has 1 aromatic carbocycles. The second-order valence-corrected chi connectivity index (χ2v) is 5.43. The van der Waals surface area contributed by atoms with E-state index < -0.39 is 11.8 Å². The van der Waals surface area contributed by atoms with E-state index in [4.69, 9.17) is 14.6 Å². The van der Waals surface area contributed by atoms with Crippen molar-refractivity contribution in [3.63, 3.8) is 0 Å². The third kappa shape index (κ3) is 2.85. The second kappa shape index (κ2) is 5.52. The summed E-state index contributed by atoms with van der Waals surface area (Å²) in [6, 6.07) is 7.11. The van der Waals surface area contributed by atoms with Gasteiger partial charge in [-0.2, -0.15) is 0 Å². The average molecular weight is 277 g/mol. The van der Waals surface area contributed by atoms with Crippen LogP contribution in [0, 0.1) is 0 Å². The molecule has 5 nitrogen and oxygen atoms in total. The minimum absolute atomic E-state index is 0.336. The molecule has 0 unspecified atom stereocenters. The molecule has 0 bridgehead atoms. The van der Waals surface area contributed by atoms with Crippen molar-refractivity contribution in [2.24, 2.45) is 0 Å². The third-order valence-electron chi connectivity index (χ3n) is 3.89. The Morgan fingerprint density at radius 3 is 2.90 bits per heavy atom. The lowest BCUT2D eigenvalue weighted by Crippen LogP contribution is -2.48. The van der Waals surface area contributed by atoms with E-state index in [-0.39, 0.29) is 0 Å². The molecule has 108 valence electrons. The largest absolute Gasteiger partial charge is 0.478 e. The lowest BCUT2D eigenvalue weighted by atomic mass is 10.0. The molecule has 0 amide bonds. The Labute approximate surface area is 118 Å². The Bertz CT molecular complexity index is 496. The van der Waals surface area contributed by atoms with Crippen molar-refractivity contribution >= 4 is 5.97 Å². The Hall–Kier alpha value is -1.43. The summed E-state index contributed by atoms with van der Waals surface area (Å²) < 4.78 is 11.5. The SMILES string of the molecule is O=C(O)c1cccc(CN2CCCC3(C2)OCCO3)c1. The third-order valence-corrected chi connectivity index (χ3v) is 3.89. The molecule has 2 aliphatic heterocycles. The number of hydrogen-bond donors (Lipinski definition) is 1. The summed E-state index contributed by atoms with van der Waals surface area (Å²) in [6.45, 7) is 3.82. The van der Waals surface area contributed by atoms with Crippen molar-refractivity contribution < 1.29 is 19.4 Å². The average Bonchev–Trinajstić information content (AvgIpc) is 2.87. The van der Waals surface area contributed by atoms with Crippen molar-refractivity contribution in [3.05, 3.63) is 35.4 Å². The van der Waals surface area contributed by atoms with Crippen molar-refractivity contribution in [1.82, 2.24) is 4.90 Å². The maximum Gasteiger partial charge on any atom is 0.335 e. The lowest BCUT2D eigenvalue weighted by Gasteiger charge is -2.38. The molecule has 2 aliphatic rings. The van der Waals surface area contributed by atoms with Gasteiger partial charge in [-0.3, -0.25) is 4.90 Å². The predicted octanol–water partition coefficient (Wildman–Crippen LogP) is 1.72. The maximum absolute atomic E-state index is 11.0. The fourth-order valence-corrected chi connectivity index (χ4v) is 3.00. The predicted molar refractivity (Wildman–Crippen MR) is 72.5 cm³/mol. The summed E-state index contributed by atoms with van der Waals surface area (Å²) in [4.78, 5) is 13.3. The zero-order valence-electron chi connectivity index (χ0n) is 11.4. The monoisotopic (exact) mass is 277 g/mol. The smallest absolute Gasteiger partial charge is 0.335 e. The Balaban J connectivity index is 1.68. The van der Waals surface area contributed by atoms with E-state index in [1.165, 1.54) is 0 Å². The van der Waals surface area contributed by atoms with Crippen LogP contribution in [0.2, 0.25) is 0 Å². The molecule has 20 heavy (non-hydrogen) atoms. The summed E-state index contributed by atoms with van der Waals surface area (Å²) in [5.41, 5.74) is 1.35. The van der Waals surface area contributed by atoms with Gasteiger partial charge in [0, 0.05) is 13.0 Å². The number of carboxylic acid groups (broad SMARTS) is 1. The van der Waals surface area contributed by atoms with Gasteiger partial charge in [0.05, 0.1) is 25.3 Å². The van der Waals surface area contributed by atoms with E-state index in [0.717, 1.165) is 38.0 Å². The zero-order chi connectivity index (χ0) is 14.0. The first kappa shape index (κ1) is 13.5. The van der Waals surface area contributed by atoms with E-state index in [9.17, 15) is 4.79 Å². The molecule has 0 radical (unpaired) electrons. The van der Waals surface area contributed by atoms with Gasteiger partial charge in [-0.25, -0.2) is 4.79 Å². The normalized spacial score (nSPS) is 22.2. The number of likely N-dealkylation sites (tertiary alicyclic amines) is 1. The van der Waals surface area contributed by atoms with E-state index in [1.54, 1.807) is 18.2 Å². The van der Waals surface area contributed by atoms with Crippen LogP contribution in [0.25, 0.3) is 0 Å².